The Kier molecular flexibility index (Phi) is 3.25. The molecule has 0 aliphatic carbocycles. The van der Waals surface area contributed by atoms with Gasteiger partial charge in [-0.2, -0.15) is 0 Å². The van der Waals surface area contributed by atoms with Crippen LogP contribution in [0.2, 0.25) is 0 Å². The van der Waals surface area contributed by atoms with Crippen molar-refractivity contribution >= 4 is 11.7 Å². The molecular weight excluding hydrogens is 218 g/mol. The molecule has 86 valence electrons. The van der Waals surface area contributed by atoms with E-state index in [9.17, 15) is 4.79 Å². The van der Waals surface area contributed by atoms with Crippen molar-refractivity contribution < 1.29 is 4.79 Å². The Labute approximate surface area is 97.9 Å². The van der Waals surface area contributed by atoms with Gasteiger partial charge in [0, 0.05) is 6.20 Å². The summed E-state index contributed by atoms with van der Waals surface area (Å²) >= 11 is 0. The van der Waals surface area contributed by atoms with Crippen LogP contribution >= 0.6 is 0 Å². The quantitative estimate of drug-likeness (QED) is 0.793. The molecule has 6 nitrogen and oxygen atoms in total. The second-order valence-corrected chi connectivity index (χ2v) is 3.33. The van der Waals surface area contributed by atoms with Crippen molar-refractivity contribution in [1.29, 1.82) is 0 Å². The van der Waals surface area contributed by atoms with E-state index in [1.54, 1.807) is 30.5 Å². The summed E-state index contributed by atoms with van der Waals surface area (Å²) in [5, 5.41) is 2.70. The summed E-state index contributed by atoms with van der Waals surface area (Å²) in [6, 6.07) is 6.64. The number of nitrogens with two attached hydrogens (primary N) is 1. The minimum absolute atomic E-state index is 0.282. The zero-order valence-corrected chi connectivity index (χ0v) is 9.00. The highest BCUT2D eigenvalue weighted by atomic mass is 16.1. The van der Waals surface area contributed by atoms with Crippen LogP contribution < -0.4 is 11.1 Å². The van der Waals surface area contributed by atoms with E-state index in [1.165, 1.54) is 6.33 Å². The first-order valence-corrected chi connectivity index (χ1v) is 5.01. The lowest BCUT2D eigenvalue weighted by Crippen LogP contribution is -2.24. The largest absolute Gasteiger partial charge is 0.384 e. The maximum absolute atomic E-state index is 11.7. The number of anilines is 1. The van der Waals surface area contributed by atoms with E-state index in [0.717, 1.165) is 5.69 Å². The van der Waals surface area contributed by atoms with E-state index in [1.807, 2.05) is 0 Å². The van der Waals surface area contributed by atoms with Crippen molar-refractivity contribution in [1.82, 2.24) is 20.3 Å². The molecule has 0 saturated carbocycles. The summed E-state index contributed by atoms with van der Waals surface area (Å²) in [6.07, 6.45) is 3.05. The number of carbonyl (C=O) groups excluding carboxylic acids is 1. The van der Waals surface area contributed by atoms with Gasteiger partial charge in [0.1, 0.15) is 17.8 Å². The molecule has 0 aliphatic heterocycles. The van der Waals surface area contributed by atoms with Crippen LogP contribution in [0.15, 0.2) is 36.8 Å². The summed E-state index contributed by atoms with van der Waals surface area (Å²) in [5.74, 6) is 0.0376. The van der Waals surface area contributed by atoms with Crippen LogP contribution in [0.5, 0.6) is 0 Å². The lowest BCUT2D eigenvalue weighted by molar-refractivity contribution is 0.0945. The van der Waals surface area contributed by atoms with Gasteiger partial charge >= 0.3 is 0 Å². The van der Waals surface area contributed by atoms with E-state index in [4.69, 9.17) is 5.73 Å². The molecule has 1 amide bonds. The monoisotopic (exact) mass is 229 g/mol. The van der Waals surface area contributed by atoms with Gasteiger partial charge in [-0.05, 0) is 18.2 Å². The number of hydrogen-bond donors (Lipinski definition) is 2. The molecule has 0 fully saturated rings. The summed E-state index contributed by atoms with van der Waals surface area (Å²) in [7, 11) is 0. The zero-order chi connectivity index (χ0) is 12.1. The second-order valence-electron chi connectivity index (χ2n) is 3.33. The molecule has 0 bridgehead atoms. The molecule has 17 heavy (non-hydrogen) atoms. The summed E-state index contributed by atoms with van der Waals surface area (Å²) in [4.78, 5) is 23.4. The average Bonchev–Trinajstić information content (AvgIpc) is 2.37. The molecule has 6 heteroatoms. The third-order valence-electron chi connectivity index (χ3n) is 2.08. The molecule has 2 aromatic heterocycles. The van der Waals surface area contributed by atoms with E-state index < -0.39 is 0 Å². The smallest absolute Gasteiger partial charge is 0.270 e. The van der Waals surface area contributed by atoms with Gasteiger partial charge in [-0.15, -0.1) is 0 Å². The number of nitrogens with one attached hydrogen (secondary N) is 1. The Morgan fingerprint density at radius 3 is 2.94 bits per heavy atom. The van der Waals surface area contributed by atoms with Gasteiger partial charge in [-0.3, -0.25) is 4.79 Å². The van der Waals surface area contributed by atoms with Crippen LogP contribution in [0.25, 0.3) is 0 Å². The zero-order valence-electron chi connectivity index (χ0n) is 9.00. The Morgan fingerprint density at radius 2 is 2.24 bits per heavy atom. The van der Waals surface area contributed by atoms with Crippen LogP contribution in [-0.2, 0) is 6.54 Å². The van der Waals surface area contributed by atoms with Crippen molar-refractivity contribution in [2.45, 2.75) is 6.54 Å². The van der Waals surface area contributed by atoms with Crippen molar-refractivity contribution in [3.8, 4) is 0 Å². The second kappa shape index (κ2) is 5.02. The first kappa shape index (κ1) is 11.0. The predicted octanol–water partition coefficient (Wildman–Crippen LogP) is 0.384. The van der Waals surface area contributed by atoms with Crippen LogP contribution in [0.3, 0.4) is 0 Å². The van der Waals surface area contributed by atoms with Crippen LogP contribution in [0.4, 0.5) is 5.82 Å². The third kappa shape index (κ3) is 2.97. The molecule has 2 heterocycles. The number of nitrogen functional groups attached to an aromatic ring is 1. The van der Waals surface area contributed by atoms with Crippen molar-refractivity contribution in [3.05, 3.63) is 48.2 Å². The summed E-state index contributed by atoms with van der Waals surface area (Å²) in [5.41, 5.74) is 6.52. The fourth-order valence-corrected chi connectivity index (χ4v) is 1.26. The highest BCUT2D eigenvalue weighted by Gasteiger charge is 2.06. The lowest BCUT2D eigenvalue weighted by Gasteiger charge is -2.04. The van der Waals surface area contributed by atoms with Gasteiger partial charge in [-0.25, -0.2) is 15.0 Å². The SMILES string of the molecule is Nc1cccc(C(=O)NCc2ccncn2)n1. The molecular formula is C11H11N5O. The highest BCUT2D eigenvalue weighted by Crippen LogP contribution is 2.00. The minimum Gasteiger partial charge on any atom is -0.384 e. The first-order valence-electron chi connectivity index (χ1n) is 5.01. The van der Waals surface area contributed by atoms with E-state index in [0.29, 0.717) is 18.1 Å². The van der Waals surface area contributed by atoms with Gasteiger partial charge in [0.2, 0.25) is 0 Å². The standard InChI is InChI=1S/C11H11N5O/c12-10-3-1-2-9(16-10)11(17)14-6-8-4-5-13-7-15-8/h1-5,7H,6H2,(H2,12,16)(H,14,17). The molecule has 0 radical (unpaired) electrons. The van der Waals surface area contributed by atoms with E-state index in [2.05, 4.69) is 20.3 Å². The van der Waals surface area contributed by atoms with Gasteiger partial charge < -0.3 is 11.1 Å². The maximum Gasteiger partial charge on any atom is 0.270 e. The fourth-order valence-electron chi connectivity index (χ4n) is 1.26. The molecule has 0 aliphatic rings. The molecule has 0 aromatic carbocycles. The summed E-state index contributed by atoms with van der Waals surface area (Å²) < 4.78 is 0. The van der Waals surface area contributed by atoms with Crippen LogP contribution in [0.1, 0.15) is 16.2 Å². The number of rotatable bonds is 3. The van der Waals surface area contributed by atoms with E-state index >= 15 is 0 Å². The topological polar surface area (TPSA) is 93.8 Å². The Morgan fingerprint density at radius 1 is 1.35 bits per heavy atom. The highest BCUT2D eigenvalue weighted by molar-refractivity contribution is 5.92. The first-order chi connectivity index (χ1) is 8.25. The minimum atomic E-state index is -0.282. The number of aromatic nitrogens is 3. The van der Waals surface area contributed by atoms with Crippen molar-refractivity contribution in [2.75, 3.05) is 5.73 Å². The molecule has 2 aromatic rings. The maximum atomic E-state index is 11.7. The Bertz CT molecular complexity index is 514. The van der Waals surface area contributed by atoms with Crippen molar-refractivity contribution in [3.63, 3.8) is 0 Å². The van der Waals surface area contributed by atoms with Crippen molar-refractivity contribution in [2.24, 2.45) is 0 Å². The number of hydrogen-bond acceptors (Lipinski definition) is 5. The molecule has 0 saturated heterocycles. The van der Waals surface area contributed by atoms with E-state index in [-0.39, 0.29) is 5.91 Å². The lowest BCUT2D eigenvalue weighted by atomic mass is 10.3. The third-order valence-corrected chi connectivity index (χ3v) is 2.08. The molecule has 3 N–H and O–H groups in total. The Balaban J connectivity index is 1.98. The van der Waals surface area contributed by atoms with Crippen LogP contribution in [0, 0.1) is 0 Å². The fraction of sp³-hybridized carbons (Fsp3) is 0.0909. The number of carbonyl (C=O) groups is 1. The van der Waals surface area contributed by atoms with Gasteiger partial charge in [0.05, 0.1) is 12.2 Å². The normalized spacial score (nSPS) is 9.88. The molecule has 2 rings (SSSR count). The Hall–Kier alpha value is -2.50. The predicted molar refractivity (Wildman–Crippen MR) is 61.9 cm³/mol. The number of pyridine rings is 1. The van der Waals surface area contributed by atoms with Gasteiger partial charge in [0.15, 0.2) is 0 Å². The van der Waals surface area contributed by atoms with Gasteiger partial charge in [-0.1, -0.05) is 6.07 Å². The number of amides is 1. The average molecular weight is 229 g/mol. The van der Waals surface area contributed by atoms with Crippen LogP contribution in [-0.4, -0.2) is 20.9 Å². The molecule has 0 atom stereocenters. The summed E-state index contributed by atoms with van der Waals surface area (Å²) in [6.45, 7) is 0.331. The molecule has 0 unspecified atom stereocenters. The van der Waals surface area contributed by atoms with Gasteiger partial charge in [0.25, 0.3) is 5.91 Å². The number of nitrogens with zero attached hydrogens (tertiary/aromatic N) is 3. The molecule has 0 spiro atoms.